The van der Waals surface area contributed by atoms with Crippen LogP contribution in [0.4, 0.5) is 4.79 Å². The Kier molecular flexibility index (Phi) is 6.70. The minimum atomic E-state index is -0.986. The first kappa shape index (κ1) is 23.2. The van der Waals surface area contributed by atoms with Gasteiger partial charge in [0.25, 0.3) is 0 Å². The molecular formula is C21H32BNO6. The van der Waals surface area contributed by atoms with E-state index in [-0.39, 0.29) is 6.42 Å². The van der Waals surface area contributed by atoms with Gasteiger partial charge in [-0.3, -0.25) is 4.79 Å². The monoisotopic (exact) mass is 405 g/mol. The minimum Gasteiger partial charge on any atom is -0.481 e. The molecule has 0 radical (unpaired) electrons. The minimum absolute atomic E-state index is 0.196. The quantitative estimate of drug-likeness (QED) is 0.707. The molecule has 8 heteroatoms. The summed E-state index contributed by atoms with van der Waals surface area (Å²) in [4.78, 5) is 23.2. The molecule has 1 fully saturated rings. The zero-order valence-electron chi connectivity index (χ0n) is 18.4. The van der Waals surface area contributed by atoms with Crippen molar-refractivity contribution in [3.8, 4) is 0 Å². The number of amides is 1. The number of benzene rings is 1. The van der Waals surface area contributed by atoms with E-state index in [4.69, 9.17) is 19.2 Å². The van der Waals surface area contributed by atoms with Gasteiger partial charge in [-0.05, 0) is 65.9 Å². The highest BCUT2D eigenvalue weighted by atomic mass is 16.7. The molecule has 0 unspecified atom stereocenters. The highest BCUT2D eigenvalue weighted by Gasteiger charge is 2.51. The van der Waals surface area contributed by atoms with Gasteiger partial charge >= 0.3 is 19.2 Å². The van der Waals surface area contributed by atoms with E-state index in [0.717, 1.165) is 11.0 Å². The van der Waals surface area contributed by atoms with Crippen LogP contribution in [0.5, 0.6) is 0 Å². The highest BCUT2D eigenvalue weighted by molar-refractivity contribution is 6.62. The van der Waals surface area contributed by atoms with E-state index < -0.39 is 42.0 Å². The Balaban J connectivity index is 2.05. The molecular weight excluding hydrogens is 373 g/mol. The molecule has 2 N–H and O–H groups in total. The van der Waals surface area contributed by atoms with Crippen molar-refractivity contribution in [2.45, 2.75) is 84.2 Å². The Morgan fingerprint density at radius 2 is 1.62 bits per heavy atom. The molecule has 29 heavy (non-hydrogen) atoms. The zero-order valence-corrected chi connectivity index (χ0v) is 18.4. The molecule has 0 bridgehead atoms. The molecule has 0 aliphatic carbocycles. The van der Waals surface area contributed by atoms with Crippen LogP contribution >= 0.6 is 0 Å². The number of carboxylic acids is 1. The van der Waals surface area contributed by atoms with Gasteiger partial charge in [0.2, 0.25) is 0 Å². The first-order valence-corrected chi connectivity index (χ1v) is 9.84. The van der Waals surface area contributed by atoms with Crippen molar-refractivity contribution in [1.82, 2.24) is 5.32 Å². The van der Waals surface area contributed by atoms with E-state index in [1.165, 1.54) is 0 Å². The van der Waals surface area contributed by atoms with E-state index >= 15 is 0 Å². The lowest BCUT2D eigenvalue weighted by Crippen LogP contribution is -2.41. The topological polar surface area (TPSA) is 94.1 Å². The van der Waals surface area contributed by atoms with Crippen LogP contribution in [0.2, 0.25) is 0 Å². The van der Waals surface area contributed by atoms with Crippen LogP contribution in [0.1, 0.15) is 60.5 Å². The molecule has 0 spiro atoms. The SMILES string of the molecule is CC(C)(C)OC(=O)N[C@@H](CC(=O)O)Cc1ccc(B2OC(C)(C)C(C)(C)O2)cc1. The van der Waals surface area contributed by atoms with Crippen LogP contribution in [0.3, 0.4) is 0 Å². The van der Waals surface area contributed by atoms with Crippen molar-refractivity contribution >= 4 is 24.6 Å². The molecule has 160 valence electrons. The summed E-state index contributed by atoms with van der Waals surface area (Å²) < 4.78 is 17.3. The zero-order chi connectivity index (χ0) is 22.0. The average molecular weight is 405 g/mol. The first-order valence-electron chi connectivity index (χ1n) is 9.84. The Morgan fingerprint density at radius 3 is 2.07 bits per heavy atom. The van der Waals surface area contributed by atoms with E-state index in [9.17, 15) is 9.59 Å². The standard InChI is InChI=1S/C21H32BNO6/c1-19(2,3)27-18(26)23-16(13-17(24)25)12-14-8-10-15(11-9-14)22-28-20(4,5)21(6,7)29-22/h8-11,16H,12-13H2,1-7H3,(H,23,26)(H,24,25)/t16-/m1/s1. The second kappa shape index (κ2) is 8.36. The summed E-state index contributed by atoms with van der Waals surface area (Å²) in [5, 5.41) is 11.8. The van der Waals surface area contributed by atoms with Gasteiger partial charge in [-0.25, -0.2) is 4.79 Å². The predicted molar refractivity (Wildman–Crippen MR) is 111 cm³/mol. The Hall–Kier alpha value is -2.06. The molecule has 1 aliphatic heterocycles. The fraction of sp³-hybridized carbons (Fsp3) is 0.619. The Labute approximate surface area is 173 Å². The molecule has 0 saturated carbocycles. The number of carbonyl (C=O) groups excluding carboxylic acids is 1. The number of hydrogen-bond donors (Lipinski definition) is 2. The van der Waals surface area contributed by atoms with Gasteiger partial charge in [0.1, 0.15) is 5.60 Å². The molecule has 1 aromatic carbocycles. The third-order valence-electron chi connectivity index (χ3n) is 5.13. The summed E-state index contributed by atoms with van der Waals surface area (Å²) >= 11 is 0. The Morgan fingerprint density at radius 1 is 1.10 bits per heavy atom. The van der Waals surface area contributed by atoms with Crippen molar-refractivity contribution in [3.05, 3.63) is 29.8 Å². The molecule has 1 amide bonds. The lowest BCUT2D eigenvalue weighted by atomic mass is 9.78. The number of hydrogen-bond acceptors (Lipinski definition) is 5. The van der Waals surface area contributed by atoms with Gasteiger partial charge in [-0.15, -0.1) is 0 Å². The molecule has 0 aromatic heterocycles. The molecule has 1 heterocycles. The van der Waals surface area contributed by atoms with Gasteiger partial charge < -0.3 is 24.5 Å². The van der Waals surface area contributed by atoms with E-state index in [2.05, 4.69) is 5.32 Å². The third-order valence-corrected chi connectivity index (χ3v) is 5.13. The Bertz CT molecular complexity index is 723. The fourth-order valence-electron chi connectivity index (χ4n) is 2.93. The van der Waals surface area contributed by atoms with Gasteiger partial charge in [-0.1, -0.05) is 24.3 Å². The normalized spacial score (nSPS) is 18.9. The average Bonchev–Trinajstić information content (AvgIpc) is 2.73. The molecule has 1 aromatic rings. The fourth-order valence-corrected chi connectivity index (χ4v) is 2.93. The molecule has 2 rings (SSSR count). The maximum absolute atomic E-state index is 12.0. The number of nitrogens with one attached hydrogen (secondary N) is 1. The van der Waals surface area contributed by atoms with E-state index in [1.807, 2.05) is 52.0 Å². The lowest BCUT2D eigenvalue weighted by molar-refractivity contribution is -0.137. The van der Waals surface area contributed by atoms with E-state index in [1.54, 1.807) is 20.8 Å². The van der Waals surface area contributed by atoms with Gasteiger partial charge in [-0.2, -0.15) is 0 Å². The van der Waals surface area contributed by atoms with Crippen LogP contribution in [-0.4, -0.2) is 47.1 Å². The number of ether oxygens (including phenoxy) is 1. The first-order chi connectivity index (χ1) is 13.2. The van der Waals surface area contributed by atoms with Crippen LogP contribution < -0.4 is 10.8 Å². The molecule has 7 nitrogen and oxygen atoms in total. The summed E-state index contributed by atoms with van der Waals surface area (Å²) in [5.74, 6) is -0.986. The summed E-state index contributed by atoms with van der Waals surface area (Å²) in [6.07, 6.45) is -0.453. The van der Waals surface area contributed by atoms with Crippen molar-refractivity contribution in [2.75, 3.05) is 0 Å². The van der Waals surface area contributed by atoms with Gasteiger partial charge in [0.15, 0.2) is 0 Å². The van der Waals surface area contributed by atoms with Crippen LogP contribution in [0.25, 0.3) is 0 Å². The van der Waals surface area contributed by atoms with Crippen LogP contribution in [0, 0.1) is 0 Å². The van der Waals surface area contributed by atoms with E-state index in [0.29, 0.717) is 6.42 Å². The van der Waals surface area contributed by atoms with Crippen molar-refractivity contribution in [1.29, 1.82) is 0 Å². The highest BCUT2D eigenvalue weighted by Crippen LogP contribution is 2.36. The smallest absolute Gasteiger partial charge is 0.481 e. The maximum atomic E-state index is 12.0. The molecule has 1 aliphatic rings. The number of carbonyl (C=O) groups is 2. The number of rotatable bonds is 6. The largest absolute Gasteiger partial charge is 0.494 e. The summed E-state index contributed by atoms with van der Waals surface area (Å²) in [6, 6.07) is 7.02. The third kappa shape index (κ3) is 6.47. The summed E-state index contributed by atoms with van der Waals surface area (Å²) in [5.41, 5.74) is 0.304. The number of alkyl carbamates (subject to hydrolysis) is 1. The molecule has 1 saturated heterocycles. The summed E-state index contributed by atoms with van der Waals surface area (Å²) in [7, 11) is -0.455. The maximum Gasteiger partial charge on any atom is 0.494 e. The lowest BCUT2D eigenvalue weighted by Gasteiger charge is -2.32. The van der Waals surface area contributed by atoms with Crippen molar-refractivity contribution in [3.63, 3.8) is 0 Å². The van der Waals surface area contributed by atoms with Crippen LogP contribution in [0.15, 0.2) is 24.3 Å². The predicted octanol–water partition coefficient (Wildman–Crippen LogP) is 2.90. The second-order valence-electron chi connectivity index (χ2n) is 9.47. The van der Waals surface area contributed by atoms with Crippen molar-refractivity contribution in [2.24, 2.45) is 0 Å². The summed E-state index contributed by atoms with van der Waals surface area (Å²) in [6.45, 7) is 13.3. The van der Waals surface area contributed by atoms with Crippen LogP contribution in [-0.2, 0) is 25.3 Å². The number of aliphatic carboxylic acids is 1. The second-order valence-corrected chi connectivity index (χ2v) is 9.47. The van der Waals surface area contributed by atoms with Crippen molar-refractivity contribution < 1.29 is 28.7 Å². The van der Waals surface area contributed by atoms with Gasteiger partial charge in [0, 0.05) is 6.04 Å². The number of carboxylic acid groups (broad SMARTS) is 1. The molecule has 1 atom stereocenters. The van der Waals surface area contributed by atoms with Gasteiger partial charge in [0.05, 0.1) is 17.6 Å².